The molecule has 0 amide bonds. The maximum atomic E-state index is 14.0. The number of benzene rings is 3. The number of fused-ring (bicyclic) bond motifs is 4. The van der Waals surface area contributed by atoms with Gasteiger partial charge in [-0.15, -0.1) is 23.5 Å². The van der Waals surface area contributed by atoms with E-state index in [-0.39, 0.29) is 86.7 Å². The Labute approximate surface area is 396 Å². The minimum atomic E-state index is -1.16. The molecule has 2 saturated carbocycles. The fraction of sp³-hybridized carbons (Fsp3) is 0.529. The Kier molecular flexibility index (Phi) is 11.3. The number of ketones is 2. The Morgan fingerprint density at radius 3 is 1.84 bits per heavy atom. The van der Waals surface area contributed by atoms with E-state index in [4.69, 9.17) is 47.0 Å². The van der Waals surface area contributed by atoms with Gasteiger partial charge >= 0.3 is 11.6 Å². The molecule has 4 fully saturated rings. The van der Waals surface area contributed by atoms with Crippen molar-refractivity contribution in [2.24, 2.45) is 5.41 Å². The largest absolute Gasteiger partial charge is 0.461 e. The van der Waals surface area contributed by atoms with Crippen LogP contribution in [0.15, 0.2) is 57.7 Å². The smallest absolute Gasteiger partial charge is 0.336 e. The fourth-order valence-corrected chi connectivity index (χ4v) is 13.9. The molecule has 0 radical (unpaired) electrons. The van der Waals surface area contributed by atoms with Gasteiger partial charge < -0.3 is 47.0 Å². The second-order valence-electron chi connectivity index (χ2n) is 19.2. The molecular weight excluding hydrogens is 901 g/mol. The summed E-state index contributed by atoms with van der Waals surface area (Å²) in [6, 6.07) is 14.5. The lowest BCUT2D eigenvalue weighted by molar-refractivity contribution is -0.324. The highest BCUT2D eigenvalue weighted by Crippen LogP contribution is 2.62. The Morgan fingerprint density at radius 2 is 1.24 bits per heavy atom. The number of ether oxygens (including phenoxy) is 9. The highest BCUT2D eigenvalue weighted by atomic mass is 32.2. The molecule has 2 saturated heterocycles. The van der Waals surface area contributed by atoms with Crippen LogP contribution < -0.4 is 34.0 Å². The van der Waals surface area contributed by atoms with Gasteiger partial charge in [0.15, 0.2) is 51.9 Å². The molecule has 0 bridgehead atoms. The third kappa shape index (κ3) is 8.12. The topological polar surface area (TPSA) is 164 Å². The zero-order valence-electron chi connectivity index (χ0n) is 38.0. The van der Waals surface area contributed by atoms with Crippen molar-refractivity contribution in [3.8, 4) is 34.5 Å². The van der Waals surface area contributed by atoms with E-state index in [1.54, 1.807) is 6.07 Å². The molecule has 16 heteroatoms. The predicted octanol–water partition coefficient (Wildman–Crippen LogP) is 9.99. The van der Waals surface area contributed by atoms with Crippen molar-refractivity contribution in [1.82, 2.24) is 0 Å². The number of hydrogen-bond acceptors (Lipinski definition) is 16. The van der Waals surface area contributed by atoms with E-state index in [9.17, 15) is 19.2 Å². The average Bonchev–Trinajstić information content (AvgIpc) is 4.01. The minimum Gasteiger partial charge on any atom is -0.461 e. The van der Waals surface area contributed by atoms with Crippen LogP contribution in [0.25, 0.3) is 11.0 Å². The Hall–Kier alpha value is -4.90. The van der Waals surface area contributed by atoms with E-state index in [0.29, 0.717) is 68.8 Å². The number of carbonyl (C=O) groups is 3. The van der Waals surface area contributed by atoms with Gasteiger partial charge in [0.25, 0.3) is 17.9 Å². The van der Waals surface area contributed by atoms with Crippen LogP contribution >= 0.6 is 23.5 Å². The summed E-state index contributed by atoms with van der Waals surface area (Å²) in [6.07, 6.45) is 5.29. The molecule has 1 aromatic heterocycles. The van der Waals surface area contributed by atoms with Crippen LogP contribution in [0, 0.1) is 12.3 Å². The molecule has 3 aromatic carbocycles. The average molecular weight is 955 g/mol. The first kappa shape index (κ1) is 44.6. The summed E-state index contributed by atoms with van der Waals surface area (Å²) in [5.41, 5.74) is 1.99. The Bertz CT molecular complexity index is 2620. The zero-order chi connectivity index (χ0) is 46.2. The van der Waals surface area contributed by atoms with Gasteiger partial charge in [-0.3, -0.25) is 14.4 Å². The summed E-state index contributed by atoms with van der Waals surface area (Å²) in [5, 5.41) is 0.844. The molecular formula is C51H54O14S2. The quantitative estimate of drug-likeness (QED) is 0.0837. The van der Waals surface area contributed by atoms with Crippen molar-refractivity contribution in [3.63, 3.8) is 0 Å². The molecule has 7 aliphatic rings. The van der Waals surface area contributed by atoms with Crippen molar-refractivity contribution in [2.45, 2.75) is 139 Å². The highest BCUT2D eigenvalue weighted by Gasteiger charge is 2.59. The van der Waals surface area contributed by atoms with Crippen LogP contribution in [0.3, 0.4) is 0 Å². The summed E-state index contributed by atoms with van der Waals surface area (Å²) in [6.45, 7) is 6.94. The zero-order valence-corrected chi connectivity index (χ0v) is 39.6. The lowest BCUT2D eigenvalue weighted by Crippen LogP contribution is -2.58. The number of hydrogen-bond donors (Lipinski definition) is 0. The molecule has 354 valence electrons. The molecule has 5 aliphatic heterocycles. The molecule has 4 aromatic rings. The number of Topliss-reactive ketones (excluding diaryl/α,β-unsaturated/α-hetero) is 2. The first-order valence-corrected chi connectivity index (χ1v) is 25.5. The summed E-state index contributed by atoms with van der Waals surface area (Å²) >= 11 is 3.99. The van der Waals surface area contributed by atoms with Crippen molar-refractivity contribution >= 4 is 52.0 Å². The second kappa shape index (κ2) is 17.0. The SMILES string of the molecule is CCCC(=O)c1c2c(c(C(=O)CCC)c3c1OC1(CCC4(CC1)OCC1(CO4)CSC4(CCC5(CC4)Oc4cc6oc(=O)cc(C)c6cc4O5)SC1)O3)OC(CC(=O)OCc1ccccc1)O2. The number of aryl methyl sites for hydroxylation is 1. The van der Waals surface area contributed by atoms with Crippen LogP contribution in [-0.4, -0.2) is 70.0 Å². The van der Waals surface area contributed by atoms with Crippen molar-refractivity contribution in [1.29, 1.82) is 0 Å². The van der Waals surface area contributed by atoms with Crippen molar-refractivity contribution in [3.05, 3.63) is 81.2 Å². The third-order valence-electron chi connectivity index (χ3n) is 14.2. The first-order valence-electron chi connectivity index (χ1n) is 23.6. The van der Waals surface area contributed by atoms with Crippen LogP contribution in [0.1, 0.15) is 129 Å². The Morgan fingerprint density at radius 1 is 0.687 bits per heavy atom. The number of carbonyl (C=O) groups excluding carboxylic acids is 3. The molecule has 0 atom stereocenters. The molecule has 14 nitrogen and oxygen atoms in total. The minimum absolute atomic E-state index is 0.0465. The van der Waals surface area contributed by atoms with Crippen LogP contribution in [0.2, 0.25) is 0 Å². The third-order valence-corrected chi connectivity index (χ3v) is 18.3. The number of rotatable bonds is 10. The maximum Gasteiger partial charge on any atom is 0.336 e. The highest BCUT2D eigenvalue weighted by molar-refractivity contribution is 8.18. The van der Waals surface area contributed by atoms with Crippen LogP contribution in [0.4, 0.5) is 0 Å². The summed E-state index contributed by atoms with van der Waals surface area (Å²) < 4.78 is 63.4. The van der Waals surface area contributed by atoms with Gasteiger partial charge in [0.2, 0.25) is 0 Å². The molecule has 0 N–H and O–H groups in total. The van der Waals surface area contributed by atoms with Gasteiger partial charge in [0, 0.05) is 85.8 Å². The predicted molar refractivity (Wildman–Crippen MR) is 248 cm³/mol. The van der Waals surface area contributed by atoms with Gasteiger partial charge in [0.05, 0.1) is 17.3 Å². The van der Waals surface area contributed by atoms with Gasteiger partial charge in [-0.25, -0.2) is 4.79 Å². The molecule has 11 rings (SSSR count). The molecule has 67 heavy (non-hydrogen) atoms. The van der Waals surface area contributed by atoms with E-state index in [1.807, 2.05) is 80.7 Å². The van der Waals surface area contributed by atoms with Gasteiger partial charge in [-0.1, -0.05) is 44.2 Å². The number of esters is 1. The molecule has 5 spiro atoms. The fourth-order valence-electron chi connectivity index (χ4n) is 10.4. The summed E-state index contributed by atoms with van der Waals surface area (Å²) in [7, 11) is 0. The normalized spacial score (nSPS) is 22.0. The lowest BCUT2D eigenvalue weighted by Gasteiger charge is -2.54. The molecule has 6 heterocycles. The summed E-state index contributed by atoms with van der Waals surface area (Å²) in [5.74, 6) is -0.0320. The summed E-state index contributed by atoms with van der Waals surface area (Å²) in [4.78, 5) is 52.9. The Balaban J connectivity index is 0.730. The van der Waals surface area contributed by atoms with Gasteiger partial charge in [-0.2, -0.15) is 0 Å². The second-order valence-corrected chi connectivity index (χ2v) is 22.2. The van der Waals surface area contributed by atoms with E-state index < -0.39 is 29.6 Å². The van der Waals surface area contributed by atoms with E-state index >= 15 is 0 Å². The van der Waals surface area contributed by atoms with Crippen LogP contribution in [-0.2, 0) is 25.6 Å². The van der Waals surface area contributed by atoms with E-state index in [2.05, 4.69) is 0 Å². The monoisotopic (exact) mass is 954 g/mol. The first-order chi connectivity index (χ1) is 32.3. The van der Waals surface area contributed by atoms with Gasteiger partial charge in [0.1, 0.15) is 29.7 Å². The standard InChI is InChI=1S/C51H54O14S2/c1-4-9-33(52)41-43-44(61-40(60-43)24-38(54)56-25-31-11-7-6-8-12-31)42(34(53)10-5-2)46-45(41)64-50(65-46)15-13-48(14-16-50)57-26-47(27-58-48)28-66-51(67-29-47)19-17-49(18-20-51)62-36-22-32-30(3)21-39(55)59-35(32)23-37(36)63-49/h6-8,11-12,21-23,40H,4-5,9-10,13-20,24-29H2,1-3H3. The maximum absolute atomic E-state index is 14.0. The number of thioether (sulfide) groups is 2. The van der Waals surface area contributed by atoms with E-state index in [0.717, 1.165) is 53.7 Å². The van der Waals surface area contributed by atoms with E-state index in [1.165, 1.54) is 6.07 Å². The van der Waals surface area contributed by atoms with Crippen molar-refractivity contribution < 1.29 is 61.4 Å². The van der Waals surface area contributed by atoms with Crippen LogP contribution in [0.5, 0.6) is 34.5 Å². The lowest BCUT2D eigenvalue weighted by atomic mass is 9.86. The molecule has 2 aliphatic carbocycles. The molecule has 0 unspecified atom stereocenters. The van der Waals surface area contributed by atoms with Crippen molar-refractivity contribution in [2.75, 3.05) is 24.7 Å². The van der Waals surface area contributed by atoms with Gasteiger partial charge in [-0.05, 0) is 49.8 Å².